The van der Waals surface area contributed by atoms with Gasteiger partial charge in [0.1, 0.15) is 5.76 Å². The predicted octanol–water partition coefficient (Wildman–Crippen LogP) is 2.73. The first-order valence-corrected chi connectivity index (χ1v) is 6.21. The van der Waals surface area contributed by atoms with Gasteiger partial charge < -0.3 is 9.73 Å². The smallest absolute Gasteiger partial charge is 0.251 e. The molecule has 0 fully saturated rings. The highest BCUT2D eigenvalue weighted by Gasteiger charge is 2.18. The van der Waals surface area contributed by atoms with Crippen molar-refractivity contribution in [1.82, 2.24) is 10.2 Å². The molecule has 108 valence electrons. The summed E-state index contributed by atoms with van der Waals surface area (Å²) in [6.45, 7) is 0.508. The zero-order valence-corrected chi connectivity index (χ0v) is 12.4. The Morgan fingerprint density at radius 3 is 2.45 bits per heavy atom. The molecule has 0 saturated heterocycles. The molecule has 0 bridgehead atoms. The maximum atomic E-state index is 12.0. The fraction of sp³-hybridized carbons (Fsp3) is 0.267. The summed E-state index contributed by atoms with van der Waals surface area (Å²) in [4.78, 5) is 14.0. The summed E-state index contributed by atoms with van der Waals surface area (Å²) < 4.78 is 5.40. The van der Waals surface area contributed by atoms with E-state index in [1.165, 1.54) is 0 Å². The average molecular weight is 295 g/mol. The third kappa shape index (κ3) is 4.11. The number of carbonyl (C=O) groups is 1. The standard InChI is InChI=1S/C15H18N2O2.ClH/c1-17(2)13(14-9-6-10-19-14)11-16-15(18)12-7-4-3-5-8-12;/h3-10,13H,11H2,1-2H3,(H,16,18);1H. The van der Waals surface area contributed by atoms with Crippen LogP contribution in [0.15, 0.2) is 53.1 Å². The number of rotatable bonds is 5. The molecule has 1 N–H and O–H groups in total. The number of nitrogens with one attached hydrogen (secondary N) is 1. The van der Waals surface area contributed by atoms with Crippen LogP contribution in [0.25, 0.3) is 0 Å². The molecule has 1 heterocycles. The first-order chi connectivity index (χ1) is 9.18. The van der Waals surface area contributed by atoms with E-state index in [4.69, 9.17) is 4.42 Å². The van der Waals surface area contributed by atoms with Crippen molar-refractivity contribution in [2.24, 2.45) is 0 Å². The van der Waals surface area contributed by atoms with Gasteiger partial charge in [-0.2, -0.15) is 0 Å². The molecule has 0 aliphatic carbocycles. The summed E-state index contributed by atoms with van der Waals surface area (Å²) in [5, 5.41) is 2.93. The van der Waals surface area contributed by atoms with Crippen LogP contribution in [0.3, 0.4) is 0 Å². The number of carbonyl (C=O) groups excluding carboxylic acids is 1. The molecule has 20 heavy (non-hydrogen) atoms. The van der Waals surface area contributed by atoms with Crippen molar-refractivity contribution in [3.05, 3.63) is 60.1 Å². The van der Waals surface area contributed by atoms with E-state index < -0.39 is 0 Å². The number of amides is 1. The first kappa shape index (κ1) is 16.3. The van der Waals surface area contributed by atoms with E-state index in [1.807, 2.05) is 49.3 Å². The molecule has 0 saturated carbocycles. The lowest BCUT2D eigenvalue weighted by Gasteiger charge is -2.22. The molecule has 0 spiro atoms. The van der Waals surface area contributed by atoms with Crippen LogP contribution in [-0.4, -0.2) is 31.4 Å². The van der Waals surface area contributed by atoms with E-state index in [2.05, 4.69) is 5.32 Å². The van der Waals surface area contributed by atoms with Gasteiger partial charge in [-0.05, 0) is 38.4 Å². The number of likely N-dealkylation sites (N-methyl/N-ethyl adjacent to an activating group) is 1. The monoisotopic (exact) mass is 294 g/mol. The maximum absolute atomic E-state index is 12.0. The minimum absolute atomic E-state index is 0. The third-order valence-corrected chi connectivity index (χ3v) is 2.99. The van der Waals surface area contributed by atoms with Crippen LogP contribution >= 0.6 is 12.4 Å². The number of halogens is 1. The molecule has 1 aromatic heterocycles. The Labute approximate surface area is 125 Å². The highest BCUT2D eigenvalue weighted by atomic mass is 35.5. The summed E-state index contributed by atoms with van der Waals surface area (Å²) in [7, 11) is 3.92. The van der Waals surface area contributed by atoms with Crippen molar-refractivity contribution in [1.29, 1.82) is 0 Å². The lowest BCUT2D eigenvalue weighted by molar-refractivity contribution is 0.0939. The summed E-state index contributed by atoms with van der Waals surface area (Å²) in [5.74, 6) is 0.775. The van der Waals surface area contributed by atoms with E-state index in [9.17, 15) is 4.79 Å². The Bertz CT molecular complexity index is 512. The van der Waals surface area contributed by atoms with E-state index in [0.29, 0.717) is 12.1 Å². The van der Waals surface area contributed by atoms with E-state index in [-0.39, 0.29) is 24.4 Å². The highest BCUT2D eigenvalue weighted by molar-refractivity contribution is 5.94. The van der Waals surface area contributed by atoms with Gasteiger partial charge in [0.2, 0.25) is 0 Å². The molecule has 2 rings (SSSR count). The van der Waals surface area contributed by atoms with Crippen molar-refractivity contribution >= 4 is 18.3 Å². The molecule has 0 radical (unpaired) electrons. The van der Waals surface area contributed by atoms with E-state index in [1.54, 1.807) is 18.4 Å². The number of hydrogen-bond donors (Lipinski definition) is 1. The molecule has 0 aliphatic rings. The van der Waals surface area contributed by atoms with Crippen LogP contribution in [0.4, 0.5) is 0 Å². The fourth-order valence-corrected chi connectivity index (χ4v) is 1.90. The van der Waals surface area contributed by atoms with Gasteiger partial charge in [0.25, 0.3) is 5.91 Å². The molecule has 1 unspecified atom stereocenters. The molecule has 2 aromatic rings. The molecular weight excluding hydrogens is 276 g/mol. The normalized spacial score (nSPS) is 11.8. The topological polar surface area (TPSA) is 45.5 Å². The Hall–Kier alpha value is -1.78. The van der Waals surface area contributed by atoms with Gasteiger partial charge in [0.05, 0.1) is 12.3 Å². The van der Waals surface area contributed by atoms with E-state index in [0.717, 1.165) is 5.76 Å². The number of furan rings is 1. The molecule has 0 aliphatic heterocycles. The molecule has 5 heteroatoms. The SMILES string of the molecule is CN(C)C(CNC(=O)c1ccccc1)c1ccco1.Cl. The average Bonchev–Trinajstić information content (AvgIpc) is 2.93. The third-order valence-electron chi connectivity index (χ3n) is 2.99. The van der Waals surface area contributed by atoms with Crippen molar-refractivity contribution in [2.75, 3.05) is 20.6 Å². The van der Waals surface area contributed by atoms with Gasteiger partial charge in [-0.25, -0.2) is 0 Å². The Morgan fingerprint density at radius 1 is 1.20 bits per heavy atom. The Kier molecular flexibility index (Phi) is 6.28. The van der Waals surface area contributed by atoms with Gasteiger partial charge in [0, 0.05) is 12.1 Å². The van der Waals surface area contributed by atoms with Gasteiger partial charge in [0.15, 0.2) is 0 Å². The summed E-state index contributed by atoms with van der Waals surface area (Å²) in [6.07, 6.45) is 1.64. The van der Waals surface area contributed by atoms with Crippen LogP contribution in [-0.2, 0) is 0 Å². The van der Waals surface area contributed by atoms with Crippen LogP contribution in [0.5, 0.6) is 0 Å². The number of hydrogen-bond acceptors (Lipinski definition) is 3. The zero-order valence-electron chi connectivity index (χ0n) is 11.6. The van der Waals surface area contributed by atoms with Crippen molar-refractivity contribution in [3.8, 4) is 0 Å². The second-order valence-electron chi connectivity index (χ2n) is 4.57. The van der Waals surface area contributed by atoms with Gasteiger partial charge in [-0.1, -0.05) is 18.2 Å². The molecule has 1 aromatic carbocycles. The number of benzene rings is 1. The predicted molar refractivity (Wildman–Crippen MR) is 81.2 cm³/mol. The van der Waals surface area contributed by atoms with Crippen molar-refractivity contribution in [3.63, 3.8) is 0 Å². The minimum atomic E-state index is -0.0704. The second kappa shape index (κ2) is 7.72. The van der Waals surface area contributed by atoms with Gasteiger partial charge in [-0.3, -0.25) is 9.69 Å². The maximum Gasteiger partial charge on any atom is 0.251 e. The van der Waals surface area contributed by atoms with Crippen molar-refractivity contribution in [2.45, 2.75) is 6.04 Å². The first-order valence-electron chi connectivity index (χ1n) is 6.21. The Balaban J connectivity index is 0.00000200. The highest BCUT2D eigenvalue weighted by Crippen LogP contribution is 2.17. The summed E-state index contributed by atoms with van der Waals surface area (Å²) in [6, 6.07) is 13.0. The summed E-state index contributed by atoms with van der Waals surface area (Å²) in [5.41, 5.74) is 0.666. The van der Waals surface area contributed by atoms with Crippen LogP contribution in [0.1, 0.15) is 22.2 Å². The molecular formula is C15H19ClN2O2. The van der Waals surface area contributed by atoms with Crippen molar-refractivity contribution < 1.29 is 9.21 Å². The van der Waals surface area contributed by atoms with Crippen LogP contribution in [0.2, 0.25) is 0 Å². The molecule has 1 atom stereocenters. The quantitative estimate of drug-likeness (QED) is 0.922. The second-order valence-corrected chi connectivity index (χ2v) is 4.57. The lowest BCUT2D eigenvalue weighted by atomic mass is 10.2. The summed E-state index contributed by atoms with van der Waals surface area (Å²) >= 11 is 0. The zero-order chi connectivity index (χ0) is 13.7. The van der Waals surface area contributed by atoms with Crippen LogP contribution in [0, 0.1) is 0 Å². The van der Waals surface area contributed by atoms with E-state index >= 15 is 0 Å². The molecule has 4 nitrogen and oxygen atoms in total. The van der Waals surface area contributed by atoms with Crippen LogP contribution < -0.4 is 5.32 Å². The minimum Gasteiger partial charge on any atom is -0.468 e. The number of nitrogens with zero attached hydrogens (tertiary/aromatic N) is 1. The lowest BCUT2D eigenvalue weighted by Crippen LogP contribution is -2.34. The Morgan fingerprint density at radius 2 is 1.90 bits per heavy atom. The van der Waals surface area contributed by atoms with Gasteiger partial charge in [-0.15, -0.1) is 12.4 Å². The largest absolute Gasteiger partial charge is 0.468 e. The fourth-order valence-electron chi connectivity index (χ4n) is 1.90. The molecule has 1 amide bonds. The van der Waals surface area contributed by atoms with Gasteiger partial charge >= 0.3 is 0 Å².